The van der Waals surface area contributed by atoms with Gasteiger partial charge in [0.15, 0.2) is 4.75 Å². The van der Waals surface area contributed by atoms with Crippen LogP contribution >= 0.6 is 0 Å². The fraction of sp³-hybridized carbons (Fsp3) is 0.733. The molecule has 0 spiro atoms. The molecule has 1 aliphatic carbocycles. The molecule has 1 aliphatic rings. The molecule has 0 unspecified atom stereocenters. The van der Waals surface area contributed by atoms with Gasteiger partial charge >= 0.3 is 0 Å². The second kappa shape index (κ2) is 5.59. The summed E-state index contributed by atoms with van der Waals surface area (Å²) in [7, 11) is -2.03. The maximum atomic E-state index is 12.5. The van der Waals surface area contributed by atoms with Crippen molar-refractivity contribution in [1.29, 1.82) is 0 Å². The second-order valence-electron chi connectivity index (χ2n) is 7.65. The van der Waals surface area contributed by atoms with Gasteiger partial charge in [0.05, 0.1) is 5.69 Å². The first-order chi connectivity index (χ1) is 10.3. The van der Waals surface area contributed by atoms with Crippen molar-refractivity contribution in [2.75, 3.05) is 5.32 Å². The second-order valence-corrected chi connectivity index (χ2v) is 9.91. The molecule has 1 fully saturated rings. The van der Waals surface area contributed by atoms with E-state index in [2.05, 4.69) is 15.1 Å². The molecule has 2 rings (SSSR count). The van der Waals surface area contributed by atoms with Crippen LogP contribution in [0.3, 0.4) is 0 Å². The molecule has 0 bridgehead atoms. The Morgan fingerprint density at radius 1 is 1.26 bits per heavy atom. The fourth-order valence-electron chi connectivity index (χ4n) is 1.91. The molecule has 8 heteroatoms. The van der Waals surface area contributed by atoms with E-state index in [1.54, 1.807) is 17.8 Å². The number of sulfonamides is 1. The van der Waals surface area contributed by atoms with Crippen molar-refractivity contribution in [1.82, 2.24) is 14.5 Å². The number of amides is 1. The van der Waals surface area contributed by atoms with Crippen molar-refractivity contribution in [2.24, 2.45) is 7.05 Å². The first-order valence-electron chi connectivity index (χ1n) is 7.72. The van der Waals surface area contributed by atoms with Gasteiger partial charge in [-0.3, -0.25) is 9.48 Å². The fourth-order valence-corrected chi connectivity index (χ4v) is 3.17. The molecular weight excluding hydrogens is 316 g/mol. The lowest BCUT2D eigenvalue weighted by molar-refractivity contribution is -0.117. The summed E-state index contributed by atoms with van der Waals surface area (Å²) >= 11 is 0. The summed E-state index contributed by atoms with van der Waals surface area (Å²) in [6.07, 6.45) is 1.65. The average Bonchev–Trinajstić information content (AvgIpc) is 3.10. The molecule has 1 aromatic heterocycles. The van der Waals surface area contributed by atoms with Crippen molar-refractivity contribution in [3.8, 4) is 0 Å². The Morgan fingerprint density at radius 3 is 2.26 bits per heavy atom. The van der Waals surface area contributed by atoms with Crippen LogP contribution in [-0.2, 0) is 27.3 Å². The summed E-state index contributed by atoms with van der Waals surface area (Å²) in [4.78, 5) is 12.5. The minimum absolute atomic E-state index is 0.0312. The van der Waals surface area contributed by atoms with Crippen LogP contribution in [0.25, 0.3) is 0 Å². The third-order valence-corrected chi connectivity index (χ3v) is 6.18. The highest BCUT2D eigenvalue weighted by molar-refractivity contribution is 7.91. The summed E-state index contributed by atoms with van der Waals surface area (Å²) < 4.78 is 27.3. The zero-order chi connectivity index (χ0) is 17.6. The highest BCUT2D eigenvalue weighted by Crippen LogP contribution is 2.27. The molecule has 1 heterocycles. The van der Waals surface area contributed by atoms with Gasteiger partial charge in [-0.15, -0.1) is 0 Å². The lowest BCUT2D eigenvalue weighted by Gasteiger charge is -2.24. The molecule has 7 nitrogen and oxygen atoms in total. The number of rotatable bonds is 5. The number of aromatic nitrogens is 2. The number of nitrogens with zero attached hydrogens (tertiary/aromatic N) is 2. The maximum absolute atomic E-state index is 12.5. The van der Waals surface area contributed by atoms with Crippen molar-refractivity contribution < 1.29 is 13.2 Å². The minimum Gasteiger partial charge on any atom is -0.309 e. The summed E-state index contributed by atoms with van der Waals surface area (Å²) in [6, 6.07) is 1.74. The van der Waals surface area contributed by atoms with Gasteiger partial charge in [0.1, 0.15) is 5.82 Å². The zero-order valence-corrected chi connectivity index (χ0v) is 15.4. The van der Waals surface area contributed by atoms with E-state index in [1.807, 2.05) is 20.8 Å². The largest absolute Gasteiger partial charge is 0.309 e. The lowest BCUT2D eigenvalue weighted by Crippen LogP contribution is -2.50. The van der Waals surface area contributed by atoms with Crippen LogP contribution in [0.5, 0.6) is 0 Å². The summed E-state index contributed by atoms with van der Waals surface area (Å²) in [5.74, 6) is -0.0938. The van der Waals surface area contributed by atoms with Gasteiger partial charge in [0.25, 0.3) is 0 Å². The quantitative estimate of drug-likeness (QED) is 0.848. The van der Waals surface area contributed by atoms with E-state index in [9.17, 15) is 13.2 Å². The van der Waals surface area contributed by atoms with E-state index in [1.165, 1.54) is 13.8 Å². The van der Waals surface area contributed by atoms with Gasteiger partial charge in [0.2, 0.25) is 15.9 Å². The van der Waals surface area contributed by atoms with E-state index >= 15 is 0 Å². The van der Waals surface area contributed by atoms with E-state index in [0.29, 0.717) is 5.82 Å². The van der Waals surface area contributed by atoms with Crippen molar-refractivity contribution in [3.05, 3.63) is 11.8 Å². The molecule has 0 atom stereocenters. The van der Waals surface area contributed by atoms with E-state index in [-0.39, 0.29) is 11.5 Å². The maximum Gasteiger partial charge on any atom is 0.247 e. The van der Waals surface area contributed by atoms with Crippen molar-refractivity contribution in [3.63, 3.8) is 0 Å². The molecule has 1 aromatic rings. The molecule has 1 amide bonds. The Hall–Kier alpha value is -1.41. The Morgan fingerprint density at radius 2 is 1.83 bits per heavy atom. The molecule has 1 saturated carbocycles. The van der Waals surface area contributed by atoms with Crippen molar-refractivity contribution in [2.45, 2.75) is 63.7 Å². The topological polar surface area (TPSA) is 93.1 Å². The number of anilines is 1. The SMILES string of the molecule is Cn1nc(C(C)(C)C)cc1NC(=O)C(C)(C)S(=O)(=O)NC1CC1. The van der Waals surface area contributed by atoms with Crippen LogP contribution in [0.1, 0.15) is 53.2 Å². The van der Waals surface area contributed by atoms with Crippen LogP contribution in [0.2, 0.25) is 0 Å². The zero-order valence-electron chi connectivity index (χ0n) is 14.6. The van der Waals surface area contributed by atoms with Crippen LogP contribution in [0, 0.1) is 0 Å². The van der Waals surface area contributed by atoms with Gasteiger partial charge in [-0.25, -0.2) is 13.1 Å². The average molecular weight is 342 g/mol. The van der Waals surface area contributed by atoms with Crippen LogP contribution in [0.15, 0.2) is 6.07 Å². The highest BCUT2D eigenvalue weighted by atomic mass is 32.2. The van der Waals surface area contributed by atoms with Crippen LogP contribution < -0.4 is 10.0 Å². The predicted octanol–water partition coefficient (Wildman–Crippen LogP) is 1.52. The van der Waals surface area contributed by atoms with E-state index in [4.69, 9.17) is 0 Å². The summed E-state index contributed by atoms with van der Waals surface area (Å²) in [5.41, 5.74) is 0.669. The Balaban J connectivity index is 2.19. The monoisotopic (exact) mass is 342 g/mol. The smallest absolute Gasteiger partial charge is 0.247 e. The molecule has 23 heavy (non-hydrogen) atoms. The number of hydrogen-bond donors (Lipinski definition) is 2. The number of nitrogens with one attached hydrogen (secondary N) is 2. The first-order valence-corrected chi connectivity index (χ1v) is 9.21. The third kappa shape index (κ3) is 3.74. The van der Waals surface area contributed by atoms with Gasteiger partial charge in [-0.2, -0.15) is 5.10 Å². The Kier molecular flexibility index (Phi) is 4.36. The first kappa shape index (κ1) is 17.9. The Labute approximate surface area is 137 Å². The highest BCUT2D eigenvalue weighted by Gasteiger charge is 2.44. The number of aryl methyl sites for hydroxylation is 1. The van der Waals surface area contributed by atoms with Gasteiger partial charge in [-0.1, -0.05) is 20.8 Å². The molecule has 0 saturated heterocycles. The molecule has 2 N–H and O–H groups in total. The molecule has 0 radical (unpaired) electrons. The van der Waals surface area contributed by atoms with E-state index in [0.717, 1.165) is 18.5 Å². The van der Waals surface area contributed by atoms with E-state index < -0.39 is 20.7 Å². The van der Waals surface area contributed by atoms with Crippen LogP contribution in [0.4, 0.5) is 5.82 Å². The van der Waals surface area contributed by atoms with Crippen molar-refractivity contribution >= 4 is 21.7 Å². The van der Waals surface area contributed by atoms with Gasteiger partial charge < -0.3 is 5.32 Å². The van der Waals surface area contributed by atoms with Gasteiger partial charge in [0, 0.05) is 24.6 Å². The molecular formula is C15H26N4O3S. The number of carbonyl (C=O) groups excluding carboxylic acids is 1. The normalized spacial score (nSPS) is 16.4. The summed E-state index contributed by atoms with van der Waals surface area (Å²) in [5, 5.41) is 7.06. The summed E-state index contributed by atoms with van der Waals surface area (Å²) in [6.45, 7) is 8.89. The van der Waals surface area contributed by atoms with Crippen LogP contribution in [-0.4, -0.2) is 34.9 Å². The van der Waals surface area contributed by atoms with Gasteiger partial charge in [-0.05, 0) is 26.7 Å². The molecule has 0 aliphatic heterocycles. The third-order valence-electron chi connectivity index (χ3n) is 4.01. The number of hydrogen-bond acceptors (Lipinski definition) is 4. The molecule has 130 valence electrons. The molecule has 0 aromatic carbocycles. The lowest BCUT2D eigenvalue weighted by atomic mass is 9.92. The Bertz CT molecular complexity index is 710. The standard InChI is InChI=1S/C15H26N4O3S/c1-14(2,3)11-9-12(19(6)17-11)16-13(20)15(4,5)23(21,22)18-10-7-8-10/h9-10,18H,7-8H2,1-6H3,(H,16,20). The number of carbonyl (C=O) groups is 1. The minimum atomic E-state index is -3.74. The predicted molar refractivity (Wildman–Crippen MR) is 89.7 cm³/mol.